The third-order valence-corrected chi connectivity index (χ3v) is 8.10. The summed E-state index contributed by atoms with van der Waals surface area (Å²) >= 11 is 0. The predicted octanol–water partition coefficient (Wildman–Crippen LogP) is 4.26. The van der Waals surface area contributed by atoms with Gasteiger partial charge in [0, 0.05) is 30.7 Å². The molecule has 0 aliphatic carbocycles. The van der Waals surface area contributed by atoms with Crippen molar-refractivity contribution in [3.05, 3.63) is 54.6 Å². The normalized spacial score (nSPS) is 15.2. The maximum atomic E-state index is 13.3. The lowest BCUT2D eigenvalue weighted by Gasteiger charge is -2.34. The zero-order valence-electron chi connectivity index (χ0n) is 21.0. The second-order valence-electron chi connectivity index (χ2n) is 10.1. The van der Waals surface area contributed by atoms with E-state index in [1.165, 1.54) is 10.2 Å². The van der Waals surface area contributed by atoms with Crippen molar-refractivity contribution in [1.29, 1.82) is 5.26 Å². The number of nitriles is 1. The van der Waals surface area contributed by atoms with Gasteiger partial charge in [0.05, 0.1) is 29.1 Å². The lowest BCUT2D eigenvalue weighted by Crippen LogP contribution is -2.42. The monoisotopic (exact) mass is 520 g/mol. The van der Waals surface area contributed by atoms with Gasteiger partial charge in [-0.3, -0.25) is 0 Å². The summed E-state index contributed by atoms with van der Waals surface area (Å²) in [6.45, 7) is 6.53. The number of imidazole rings is 1. The first-order valence-corrected chi connectivity index (χ1v) is 13.6. The smallest absolute Gasteiger partial charge is 0.410 e. The van der Waals surface area contributed by atoms with E-state index >= 15 is 0 Å². The molecule has 4 heterocycles. The summed E-state index contributed by atoms with van der Waals surface area (Å²) in [4.78, 5) is 23.5. The molecule has 1 aliphatic heterocycles. The second-order valence-corrected chi connectivity index (χ2v) is 11.9. The Morgan fingerprint density at radius 1 is 1.16 bits per heavy atom. The molecule has 0 saturated carbocycles. The zero-order chi connectivity index (χ0) is 26.4. The first kappa shape index (κ1) is 24.8. The molecule has 1 aromatic carbocycles. The highest BCUT2D eigenvalue weighted by atomic mass is 32.2. The van der Waals surface area contributed by atoms with Crippen LogP contribution in [0.5, 0.6) is 0 Å². The topological polar surface area (TPSA) is 123 Å². The van der Waals surface area contributed by atoms with Crippen LogP contribution in [0.1, 0.15) is 45.5 Å². The van der Waals surface area contributed by atoms with Gasteiger partial charge >= 0.3 is 6.09 Å². The number of piperidine rings is 1. The number of carbonyl (C=O) groups is 1. The minimum absolute atomic E-state index is 0.0216. The molecule has 1 fully saturated rings. The molecular formula is C26H28N6O4S. The summed E-state index contributed by atoms with van der Waals surface area (Å²) in [6.07, 6.45) is 4.12. The number of ether oxygens (including phenoxy) is 1. The standard InChI is InChI=1S/C26H28N6O4S/c1-26(2,3)36-25(33)30-14-10-18(11-15-30)32-22(9-13-27)29-21-17-28-24-20(23(21)32)12-16-31(24)37(34,35)19-7-5-4-6-8-19/h4-8,12,16-18H,9-11,14-15H2,1-3H3. The summed E-state index contributed by atoms with van der Waals surface area (Å²) < 4.78 is 35.4. The SMILES string of the molecule is CC(C)(C)OC(=O)N1CCC(n2c(CC#N)nc3cnc4c(ccn4S(=O)(=O)c4ccccc4)c32)CC1. The van der Waals surface area contributed by atoms with Gasteiger partial charge in [0.1, 0.15) is 16.9 Å². The predicted molar refractivity (Wildman–Crippen MR) is 137 cm³/mol. The first-order valence-electron chi connectivity index (χ1n) is 12.1. The maximum absolute atomic E-state index is 13.3. The minimum Gasteiger partial charge on any atom is -0.444 e. The number of likely N-dealkylation sites (tertiary alicyclic amines) is 1. The van der Waals surface area contributed by atoms with E-state index in [1.54, 1.807) is 47.5 Å². The fraction of sp³-hybridized carbons (Fsp3) is 0.385. The van der Waals surface area contributed by atoms with Crippen LogP contribution in [0, 0.1) is 11.3 Å². The summed E-state index contributed by atoms with van der Waals surface area (Å²) in [7, 11) is -3.85. The highest BCUT2D eigenvalue weighted by Gasteiger charge is 2.30. The minimum atomic E-state index is -3.85. The Hall–Kier alpha value is -3.91. The van der Waals surface area contributed by atoms with Crippen LogP contribution in [0.2, 0.25) is 0 Å². The maximum Gasteiger partial charge on any atom is 0.410 e. The molecule has 10 nitrogen and oxygen atoms in total. The molecule has 4 aromatic rings. The van der Waals surface area contributed by atoms with Crippen LogP contribution in [0.4, 0.5) is 4.79 Å². The Morgan fingerprint density at radius 3 is 2.51 bits per heavy atom. The Balaban J connectivity index is 1.55. The van der Waals surface area contributed by atoms with Crippen molar-refractivity contribution >= 4 is 38.2 Å². The van der Waals surface area contributed by atoms with E-state index < -0.39 is 15.6 Å². The number of pyridine rings is 1. The van der Waals surface area contributed by atoms with Crippen molar-refractivity contribution in [1.82, 2.24) is 23.4 Å². The van der Waals surface area contributed by atoms with Gasteiger partial charge in [-0.1, -0.05) is 18.2 Å². The lowest BCUT2D eigenvalue weighted by molar-refractivity contribution is 0.0189. The van der Waals surface area contributed by atoms with Gasteiger partial charge in [-0.2, -0.15) is 5.26 Å². The summed E-state index contributed by atoms with van der Waals surface area (Å²) in [5.74, 6) is 0.598. The average molecular weight is 521 g/mol. The number of amides is 1. The molecule has 0 N–H and O–H groups in total. The summed E-state index contributed by atoms with van der Waals surface area (Å²) in [6, 6.07) is 12.1. The van der Waals surface area contributed by atoms with Crippen molar-refractivity contribution in [2.45, 2.75) is 56.6 Å². The lowest BCUT2D eigenvalue weighted by atomic mass is 10.0. The highest BCUT2D eigenvalue weighted by molar-refractivity contribution is 7.90. The first-order chi connectivity index (χ1) is 17.6. The number of rotatable bonds is 4. The fourth-order valence-corrected chi connectivity index (χ4v) is 6.14. The third kappa shape index (κ3) is 4.53. The van der Waals surface area contributed by atoms with Gasteiger partial charge in [-0.25, -0.2) is 27.2 Å². The van der Waals surface area contributed by atoms with Gasteiger partial charge in [-0.15, -0.1) is 0 Å². The van der Waals surface area contributed by atoms with Gasteiger partial charge in [0.25, 0.3) is 10.0 Å². The molecule has 1 amide bonds. The number of benzene rings is 1. The number of carbonyl (C=O) groups excluding carboxylic acids is 1. The molecule has 3 aromatic heterocycles. The second kappa shape index (κ2) is 9.19. The van der Waals surface area contributed by atoms with Gasteiger partial charge in [-0.05, 0) is 51.8 Å². The van der Waals surface area contributed by atoms with Crippen LogP contribution in [0.15, 0.2) is 53.7 Å². The molecule has 192 valence electrons. The summed E-state index contributed by atoms with van der Waals surface area (Å²) in [5, 5.41) is 10.1. The van der Waals surface area contributed by atoms with Crippen LogP contribution in [0.3, 0.4) is 0 Å². The Labute approximate surface area is 215 Å². The Morgan fingerprint density at radius 2 is 1.86 bits per heavy atom. The van der Waals surface area contributed by atoms with E-state index in [1.807, 2.05) is 25.3 Å². The number of fused-ring (bicyclic) bond motifs is 3. The van der Waals surface area contributed by atoms with Crippen molar-refractivity contribution in [2.24, 2.45) is 0 Å². The van der Waals surface area contributed by atoms with Crippen LogP contribution in [-0.2, 0) is 21.2 Å². The number of aromatic nitrogens is 4. The van der Waals surface area contributed by atoms with Gasteiger partial charge in [0.2, 0.25) is 0 Å². The number of hydrogen-bond acceptors (Lipinski definition) is 7. The molecule has 37 heavy (non-hydrogen) atoms. The number of hydrogen-bond donors (Lipinski definition) is 0. The number of nitrogens with zero attached hydrogens (tertiary/aromatic N) is 6. The van der Waals surface area contributed by atoms with Crippen molar-refractivity contribution in [2.75, 3.05) is 13.1 Å². The van der Waals surface area contributed by atoms with Gasteiger partial charge in [0.15, 0.2) is 5.65 Å². The van der Waals surface area contributed by atoms with Crippen molar-refractivity contribution < 1.29 is 17.9 Å². The molecule has 0 bridgehead atoms. The van der Waals surface area contributed by atoms with Gasteiger partial charge < -0.3 is 14.2 Å². The zero-order valence-corrected chi connectivity index (χ0v) is 21.8. The van der Waals surface area contributed by atoms with E-state index in [0.29, 0.717) is 48.3 Å². The molecule has 11 heteroatoms. The van der Waals surface area contributed by atoms with Crippen LogP contribution < -0.4 is 0 Å². The molecule has 1 aliphatic rings. The molecule has 0 spiro atoms. The molecule has 0 radical (unpaired) electrons. The van der Waals surface area contributed by atoms with E-state index in [4.69, 9.17) is 4.74 Å². The van der Waals surface area contributed by atoms with E-state index in [-0.39, 0.29) is 23.5 Å². The average Bonchev–Trinajstić information content (AvgIpc) is 3.45. The third-order valence-electron chi connectivity index (χ3n) is 6.42. The molecule has 0 atom stereocenters. The molecule has 5 rings (SSSR count). The van der Waals surface area contributed by atoms with E-state index in [2.05, 4.69) is 16.0 Å². The van der Waals surface area contributed by atoms with E-state index in [0.717, 1.165) is 5.52 Å². The Bertz CT molecular complexity index is 1620. The molecular weight excluding hydrogens is 492 g/mol. The van der Waals surface area contributed by atoms with Crippen LogP contribution >= 0.6 is 0 Å². The quantitative estimate of drug-likeness (QED) is 0.394. The highest BCUT2D eigenvalue weighted by Crippen LogP contribution is 2.34. The van der Waals surface area contributed by atoms with Crippen molar-refractivity contribution in [3.8, 4) is 6.07 Å². The fourth-order valence-electron chi connectivity index (χ4n) is 4.82. The summed E-state index contributed by atoms with van der Waals surface area (Å²) in [5.41, 5.74) is 1.07. The van der Waals surface area contributed by atoms with Crippen LogP contribution in [0.25, 0.3) is 22.1 Å². The largest absolute Gasteiger partial charge is 0.444 e. The van der Waals surface area contributed by atoms with Crippen LogP contribution in [-0.4, -0.2) is 56.6 Å². The molecule has 1 saturated heterocycles. The van der Waals surface area contributed by atoms with E-state index in [9.17, 15) is 18.5 Å². The van der Waals surface area contributed by atoms with Crippen molar-refractivity contribution in [3.63, 3.8) is 0 Å². The molecule has 0 unspecified atom stereocenters. The Kier molecular flexibility index (Phi) is 6.15.